The fourth-order valence-electron chi connectivity index (χ4n) is 2.69. The first-order valence-electron chi connectivity index (χ1n) is 8.53. The van der Waals surface area contributed by atoms with Gasteiger partial charge in [0.05, 0.1) is 24.9 Å². The molecular weight excluding hydrogens is 365 g/mol. The molecule has 1 N–H and O–H groups in total. The molecule has 0 saturated carbocycles. The second kappa shape index (κ2) is 7.61. The quantitative estimate of drug-likeness (QED) is 0.307. The summed E-state index contributed by atoms with van der Waals surface area (Å²) in [4.78, 5) is 17.8. The van der Waals surface area contributed by atoms with Gasteiger partial charge in [0.1, 0.15) is 23.8 Å². The van der Waals surface area contributed by atoms with E-state index in [4.69, 9.17) is 9.94 Å². The Morgan fingerprint density at radius 2 is 2.21 bits per heavy atom. The van der Waals surface area contributed by atoms with E-state index in [1.165, 1.54) is 16.9 Å². The fraction of sp³-hybridized carbons (Fsp3) is 0.222. The monoisotopic (exact) mass is 381 g/mol. The lowest BCUT2D eigenvalue weighted by Gasteiger charge is -2.06. The van der Waals surface area contributed by atoms with Crippen molar-refractivity contribution in [2.24, 2.45) is 5.16 Å². The Balaban J connectivity index is 1.68. The SMILES string of the molecule is C/C(=N\OCCO)c1cnc2nnn(Cc3cc4cccnc4cc3F)c2n1. The second-order valence-corrected chi connectivity index (χ2v) is 6.02. The van der Waals surface area contributed by atoms with Crippen LogP contribution < -0.4 is 0 Å². The Labute approximate surface area is 158 Å². The average molecular weight is 381 g/mol. The first-order valence-corrected chi connectivity index (χ1v) is 8.53. The second-order valence-electron chi connectivity index (χ2n) is 6.02. The number of pyridine rings is 1. The minimum absolute atomic E-state index is 0.0859. The van der Waals surface area contributed by atoms with Crippen molar-refractivity contribution >= 4 is 27.9 Å². The smallest absolute Gasteiger partial charge is 0.221 e. The molecule has 0 unspecified atom stereocenters. The Kier molecular flexibility index (Phi) is 4.85. The minimum Gasteiger partial charge on any atom is -0.393 e. The van der Waals surface area contributed by atoms with Crippen LogP contribution in [0, 0.1) is 5.82 Å². The number of aromatic nitrogens is 6. The van der Waals surface area contributed by atoms with Gasteiger partial charge < -0.3 is 9.94 Å². The van der Waals surface area contributed by atoms with E-state index in [2.05, 4.69) is 30.4 Å². The van der Waals surface area contributed by atoms with Crippen LogP contribution in [-0.2, 0) is 11.4 Å². The number of hydrogen-bond donors (Lipinski definition) is 1. The van der Waals surface area contributed by atoms with Gasteiger partial charge in [-0.1, -0.05) is 16.4 Å². The lowest BCUT2D eigenvalue weighted by Crippen LogP contribution is -2.08. The number of oxime groups is 1. The first kappa shape index (κ1) is 17.9. The summed E-state index contributed by atoms with van der Waals surface area (Å²) in [7, 11) is 0. The summed E-state index contributed by atoms with van der Waals surface area (Å²) in [5.74, 6) is -0.380. The molecule has 1 aromatic carbocycles. The van der Waals surface area contributed by atoms with Crippen LogP contribution in [0.25, 0.3) is 22.2 Å². The summed E-state index contributed by atoms with van der Waals surface area (Å²) in [6.07, 6.45) is 3.13. The van der Waals surface area contributed by atoms with Gasteiger partial charge in [-0.3, -0.25) is 4.98 Å². The molecule has 0 spiro atoms. The molecule has 0 amide bonds. The van der Waals surface area contributed by atoms with Crippen molar-refractivity contribution in [3.63, 3.8) is 0 Å². The maximum Gasteiger partial charge on any atom is 0.221 e. The van der Waals surface area contributed by atoms with E-state index in [0.29, 0.717) is 33.8 Å². The van der Waals surface area contributed by atoms with Crippen LogP contribution in [0.2, 0.25) is 0 Å². The number of nitrogens with zero attached hydrogens (tertiary/aromatic N) is 7. The van der Waals surface area contributed by atoms with Crippen LogP contribution in [-0.4, -0.2) is 54.0 Å². The largest absolute Gasteiger partial charge is 0.393 e. The van der Waals surface area contributed by atoms with Gasteiger partial charge in [-0.2, -0.15) is 0 Å². The average Bonchev–Trinajstić information content (AvgIpc) is 3.10. The predicted molar refractivity (Wildman–Crippen MR) is 99.2 cm³/mol. The number of hydrogen-bond acceptors (Lipinski definition) is 8. The molecule has 3 heterocycles. The van der Waals surface area contributed by atoms with Crippen molar-refractivity contribution in [1.29, 1.82) is 0 Å². The zero-order valence-electron chi connectivity index (χ0n) is 14.9. The summed E-state index contributed by atoms with van der Waals surface area (Å²) < 4.78 is 16.0. The van der Waals surface area contributed by atoms with Gasteiger partial charge >= 0.3 is 0 Å². The van der Waals surface area contributed by atoms with Gasteiger partial charge in [-0.15, -0.1) is 5.10 Å². The third kappa shape index (κ3) is 3.49. The van der Waals surface area contributed by atoms with Crippen LogP contribution in [0.15, 0.2) is 41.8 Å². The van der Waals surface area contributed by atoms with Crippen LogP contribution >= 0.6 is 0 Å². The Morgan fingerprint density at radius 1 is 1.32 bits per heavy atom. The summed E-state index contributed by atoms with van der Waals surface area (Å²) >= 11 is 0. The van der Waals surface area contributed by atoms with Crippen LogP contribution in [0.4, 0.5) is 4.39 Å². The van der Waals surface area contributed by atoms with Crippen LogP contribution in [0.1, 0.15) is 18.2 Å². The van der Waals surface area contributed by atoms with Crippen LogP contribution in [0.5, 0.6) is 0 Å². The van der Waals surface area contributed by atoms with Gasteiger partial charge in [0.25, 0.3) is 0 Å². The maximum absolute atomic E-state index is 14.5. The van der Waals surface area contributed by atoms with E-state index in [9.17, 15) is 4.39 Å². The third-order valence-electron chi connectivity index (χ3n) is 4.07. The van der Waals surface area contributed by atoms with Crippen molar-refractivity contribution in [2.75, 3.05) is 13.2 Å². The Morgan fingerprint density at radius 3 is 3.07 bits per heavy atom. The molecule has 142 valence electrons. The number of fused-ring (bicyclic) bond motifs is 2. The fourth-order valence-corrected chi connectivity index (χ4v) is 2.69. The Hall–Kier alpha value is -3.53. The highest BCUT2D eigenvalue weighted by molar-refractivity contribution is 5.97. The number of halogens is 1. The Bertz CT molecular complexity index is 1180. The van der Waals surface area contributed by atoms with Gasteiger partial charge in [-0.05, 0) is 19.1 Å². The molecule has 0 aliphatic rings. The molecule has 0 aliphatic carbocycles. The molecule has 4 rings (SSSR count). The lowest BCUT2D eigenvalue weighted by atomic mass is 10.1. The summed E-state index contributed by atoms with van der Waals surface area (Å²) in [6.45, 7) is 1.80. The van der Waals surface area contributed by atoms with E-state index in [1.54, 1.807) is 25.3 Å². The first-order chi connectivity index (χ1) is 13.7. The molecule has 10 heteroatoms. The molecular formula is C18H16FN7O2. The molecule has 0 radical (unpaired) electrons. The van der Waals surface area contributed by atoms with E-state index in [0.717, 1.165) is 5.39 Å². The number of aliphatic hydroxyl groups excluding tert-OH is 1. The van der Waals surface area contributed by atoms with E-state index in [1.807, 2.05) is 6.07 Å². The van der Waals surface area contributed by atoms with Gasteiger partial charge in [-0.25, -0.2) is 19.0 Å². The van der Waals surface area contributed by atoms with Crippen molar-refractivity contribution in [2.45, 2.75) is 13.5 Å². The molecule has 0 aliphatic heterocycles. The minimum atomic E-state index is -0.380. The third-order valence-corrected chi connectivity index (χ3v) is 4.07. The van der Waals surface area contributed by atoms with Crippen LogP contribution in [0.3, 0.4) is 0 Å². The van der Waals surface area contributed by atoms with Crippen molar-refractivity contribution in [1.82, 2.24) is 29.9 Å². The highest BCUT2D eigenvalue weighted by Gasteiger charge is 2.13. The van der Waals surface area contributed by atoms with Crippen molar-refractivity contribution < 1.29 is 14.3 Å². The molecule has 0 saturated heterocycles. The topological polar surface area (TPSA) is 111 Å². The standard InChI is InChI=1S/C18H16FN7O2/c1-11(24-28-6-5-27)16-9-21-17-18(22-16)26(25-23-17)10-13-7-12-3-2-4-20-15(12)8-14(13)19/h2-4,7-9,27H,5-6,10H2,1H3/b24-11+. The molecule has 0 bridgehead atoms. The van der Waals surface area contributed by atoms with E-state index in [-0.39, 0.29) is 25.6 Å². The lowest BCUT2D eigenvalue weighted by molar-refractivity contribution is 0.0986. The number of rotatable bonds is 6. The van der Waals surface area contributed by atoms with Crippen molar-refractivity contribution in [3.8, 4) is 0 Å². The molecule has 3 aromatic heterocycles. The molecule has 9 nitrogen and oxygen atoms in total. The summed E-state index contributed by atoms with van der Waals surface area (Å²) in [5, 5.41) is 21.5. The predicted octanol–water partition coefficient (Wildman–Crippen LogP) is 1.69. The van der Waals surface area contributed by atoms with E-state index < -0.39 is 0 Å². The van der Waals surface area contributed by atoms with Gasteiger partial charge in [0, 0.05) is 23.2 Å². The highest BCUT2D eigenvalue weighted by Crippen LogP contribution is 2.19. The maximum atomic E-state index is 14.5. The summed E-state index contributed by atoms with van der Waals surface area (Å²) in [6, 6.07) is 6.80. The zero-order chi connectivity index (χ0) is 19.5. The highest BCUT2D eigenvalue weighted by atomic mass is 19.1. The van der Waals surface area contributed by atoms with Gasteiger partial charge in [0.2, 0.25) is 5.65 Å². The zero-order valence-corrected chi connectivity index (χ0v) is 14.9. The normalized spacial score (nSPS) is 12.0. The molecule has 0 fully saturated rings. The number of aliphatic hydroxyl groups is 1. The molecule has 4 aromatic rings. The summed E-state index contributed by atoms with van der Waals surface area (Å²) in [5.41, 5.74) is 2.73. The van der Waals surface area contributed by atoms with E-state index >= 15 is 0 Å². The van der Waals surface area contributed by atoms with Crippen molar-refractivity contribution in [3.05, 3.63) is 53.7 Å². The molecule has 0 atom stereocenters. The molecule has 28 heavy (non-hydrogen) atoms. The van der Waals surface area contributed by atoms with Gasteiger partial charge in [0.15, 0.2) is 5.65 Å². The number of benzene rings is 1.